The van der Waals surface area contributed by atoms with Crippen LogP contribution in [0.3, 0.4) is 0 Å². The van der Waals surface area contributed by atoms with Crippen molar-refractivity contribution in [3.05, 3.63) is 29.1 Å². The third-order valence-electron chi connectivity index (χ3n) is 3.78. The molecule has 1 unspecified atom stereocenters. The lowest BCUT2D eigenvalue weighted by Gasteiger charge is -2.37. The number of aryl methyl sites for hydroxylation is 1. The Morgan fingerprint density at radius 2 is 2.05 bits per heavy atom. The lowest BCUT2D eigenvalue weighted by molar-refractivity contribution is 0.0565. The molecule has 0 radical (unpaired) electrons. The van der Waals surface area contributed by atoms with Gasteiger partial charge in [0.1, 0.15) is 5.69 Å². The first-order valence-corrected chi connectivity index (χ1v) is 6.60. The van der Waals surface area contributed by atoms with Gasteiger partial charge >= 0.3 is 5.97 Å². The third kappa shape index (κ3) is 2.80. The van der Waals surface area contributed by atoms with Gasteiger partial charge in [-0.25, -0.2) is 9.78 Å². The zero-order valence-corrected chi connectivity index (χ0v) is 12.0. The van der Waals surface area contributed by atoms with Crippen molar-refractivity contribution < 1.29 is 14.7 Å². The molecular formula is C14H19N3O3. The third-order valence-corrected chi connectivity index (χ3v) is 3.78. The summed E-state index contributed by atoms with van der Waals surface area (Å²) in [7, 11) is 2.04. The summed E-state index contributed by atoms with van der Waals surface area (Å²) in [5.74, 6) is -1.16. The fraction of sp³-hybridized carbons (Fsp3) is 0.500. The Bertz CT molecular complexity index is 544. The minimum atomic E-state index is -1.03. The normalized spacial score (nSPS) is 19.9. The van der Waals surface area contributed by atoms with Gasteiger partial charge < -0.3 is 14.9 Å². The molecule has 6 nitrogen and oxygen atoms in total. The maximum absolute atomic E-state index is 12.4. The Kier molecular flexibility index (Phi) is 4.04. The SMILES string of the molecule is Cc1nc(C(=O)N2CCN(C)C(C)C2)ccc1C(=O)O. The number of carbonyl (C=O) groups is 2. The van der Waals surface area contributed by atoms with Crippen LogP contribution in [0, 0.1) is 6.92 Å². The molecule has 1 aliphatic heterocycles. The number of amides is 1. The van der Waals surface area contributed by atoms with E-state index >= 15 is 0 Å². The van der Waals surface area contributed by atoms with Crippen molar-refractivity contribution >= 4 is 11.9 Å². The van der Waals surface area contributed by atoms with Crippen LogP contribution in [0.15, 0.2) is 12.1 Å². The number of rotatable bonds is 2. The largest absolute Gasteiger partial charge is 0.478 e. The standard InChI is InChI=1S/C14H19N3O3/c1-9-8-17(7-6-16(9)3)13(18)12-5-4-11(14(19)20)10(2)15-12/h4-5,9H,6-8H2,1-3H3,(H,19,20). The number of aromatic carboxylic acids is 1. The van der Waals surface area contributed by atoms with Crippen LogP contribution in [0.25, 0.3) is 0 Å². The highest BCUT2D eigenvalue weighted by Gasteiger charge is 2.26. The van der Waals surface area contributed by atoms with Gasteiger partial charge in [-0.05, 0) is 33.0 Å². The van der Waals surface area contributed by atoms with Crippen molar-refractivity contribution in [3.8, 4) is 0 Å². The maximum Gasteiger partial charge on any atom is 0.337 e. The molecule has 0 bridgehead atoms. The highest BCUT2D eigenvalue weighted by Crippen LogP contribution is 2.13. The molecular weight excluding hydrogens is 258 g/mol. The smallest absolute Gasteiger partial charge is 0.337 e. The van der Waals surface area contributed by atoms with Crippen molar-refractivity contribution in [2.75, 3.05) is 26.7 Å². The van der Waals surface area contributed by atoms with Crippen LogP contribution < -0.4 is 0 Å². The summed E-state index contributed by atoms with van der Waals surface area (Å²) >= 11 is 0. The highest BCUT2D eigenvalue weighted by molar-refractivity contribution is 5.94. The Morgan fingerprint density at radius 3 is 2.60 bits per heavy atom. The molecule has 2 rings (SSSR count). The molecule has 20 heavy (non-hydrogen) atoms. The monoisotopic (exact) mass is 277 g/mol. The summed E-state index contributed by atoms with van der Waals surface area (Å²) in [5, 5.41) is 8.97. The van der Waals surface area contributed by atoms with Gasteiger partial charge in [0.25, 0.3) is 5.91 Å². The predicted octanol–water partition coefficient (Wildman–Crippen LogP) is 0.864. The molecule has 0 aliphatic carbocycles. The van der Waals surface area contributed by atoms with Gasteiger partial charge in [0.15, 0.2) is 0 Å². The number of nitrogens with zero attached hydrogens (tertiary/aromatic N) is 3. The molecule has 1 saturated heterocycles. The van der Waals surface area contributed by atoms with Gasteiger partial charge in [-0.2, -0.15) is 0 Å². The second-order valence-corrected chi connectivity index (χ2v) is 5.22. The highest BCUT2D eigenvalue weighted by atomic mass is 16.4. The number of aromatic nitrogens is 1. The molecule has 0 spiro atoms. The first-order chi connectivity index (χ1) is 9.40. The molecule has 1 atom stereocenters. The minimum Gasteiger partial charge on any atom is -0.478 e. The number of carboxylic acids is 1. The average Bonchev–Trinajstić information content (AvgIpc) is 2.40. The Hall–Kier alpha value is -1.95. The van der Waals surface area contributed by atoms with E-state index in [-0.39, 0.29) is 11.5 Å². The van der Waals surface area contributed by atoms with E-state index in [1.807, 2.05) is 7.05 Å². The van der Waals surface area contributed by atoms with E-state index in [2.05, 4.69) is 16.8 Å². The van der Waals surface area contributed by atoms with Crippen molar-refractivity contribution in [3.63, 3.8) is 0 Å². The maximum atomic E-state index is 12.4. The minimum absolute atomic E-state index is 0.133. The molecule has 1 N–H and O–H groups in total. The van der Waals surface area contributed by atoms with E-state index in [0.29, 0.717) is 30.5 Å². The van der Waals surface area contributed by atoms with Crippen molar-refractivity contribution in [1.82, 2.24) is 14.8 Å². The van der Waals surface area contributed by atoms with Gasteiger partial charge in [-0.15, -0.1) is 0 Å². The molecule has 1 aromatic rings. The quantitative estimate of drug-likeness (QED) is 0.868. The van der Waals surface area contributed by atoms with Crippen molar-refractivity contribution in [2.45, 2.75) is 19.9 Å². The van der Waals surface area contributed by atoms with Crippen LogP contribution in [0.1, 0.15) is 33.5 Å². The van der Waals surface area contributed by atoms with E-state index in [9.17, 15) is 9.59 Å². The number of piperazine rings is 1. The van der Waals surface area contributed by atoms with Gasteiger partial charge in [-0.3, -0.25) is 4.79 Å². The van der Waals surface area contributed by atoms with Crippen LogP contribution in [0.5, 0.6) is 0 Å². The van der Waals surface area contributed by atoms with Crippen molar-refractivity contribution in [2.24, 2.45) is 0 Å². The van der Waals surface area contributed by atoms with Crippen LogP contribution in [0.4, 0.5) is 0 Å². The molecule has 1 aliphatic rings. The number of pyridine rings is 1. The second-order valence-electron chi connectivity index (χ2n) is 5.22. The number of likely N-dealkylation sites (N-methyl/N-ethyl adjacent to an activating group) is 1. The van der Waals surface area contributed by atoms with E-state index in [4.69, 9.17) is 5.11 Å². The lowest BCUT2D eigenvalue weighted by Crippen LogP contribution is -2.52. The summed E-state index contributed by atoms with van der Waals surface area (Å²) < 4.78 is 0. The summed E-state index contributed by atoms with van der Waals surface area (Å²) in [6.07, 6.45) is 0. The van der Waals surface area contributed by atoms with Gasteiger partial charge in [0, 0.05) is 25.7 Å². The lowest BCUT2D eigenvalue weighted by atomic mass is 10.1. The van der Waals surface area contributed by atoms with Gasteiger partial charge in [0.05, 0.1) is 11.3 Å². The first-order valence-electron chi connectivity index (χ1n) is 6.60. The molecule has 1 fully saturated rings. The molecule has 2 heterocycles. The van der Waals surface area contributed by atoms with Crippen molar-refractivity contribution in [1.29, 1.82) is 0 Å². The Morgan fingerprint density at radius 1 is 1.35 bits per heavy atom. The number of hydrogen-bond acceptors (Lipinski definition) is 4. The Balaban J connectivity index is 2.17. The summed E-state index contributed by atoms with van der Waals surface area (Å²) in [6.45, 7) is 5.84. The van der Waals surface area contributed by atoms with Crippen LogP contribution in [0.2, 0.25) is 0 Å². The zero-order valence-electron chi connectivity index (χ0n) is 12.0. The first kappa shape index (κ1) is 14.5. The summed E-state index contributed by atoms with van der Waals surface area (Å²) in [5.41, 5.74) is 0.808. The predicted molar refractivity (Wildman–Crippen MR) is 73.9 cm³/mol. The summed E-state index contributed by atoms with van der Waals surface area (Å²) in [4.78, 5) is 31.4. The number of hydrogen-bond donors (Lipinski definition) is 1. The summed E-state index contributed by atoms with van der Waals surface area (Å²) in [6, 6.07) is 3.24. The zero-order chi connectivity index (χ0) is 14.9. The van der Waals surface area contributed by atoms with Gasteiger partial charge in [-0.1, -0.05) is 0 Å². The Labute approximate surface area is 118 Å². The second kappa shape index (κ2) is 5.58. The van der Waals surface area contributed by atoms with Crippen LogP contribution >= 0.6 is 0 Å². The molecule has 6 heteroatoms. The van der Waals surface area contributed by atoms with Crippen LogP contribution in [-0.2, 0) is 0 Å². The van der Waals surface area contributed by atoms with Crippen LogP contribution in [-0.4, -0.2) is 64.5 Å². The molecule has 1 aromatic heterocycles. The van der Waals surface area contributed by atoms with E-state index in [0.717, 1.165) is 6.54 Å². The molecule has 1 amide bonds. The fourth-order valence-corrected chi connectivity index (χ4v) is 2.30. The van der Waals surface area contributed by atoms with E-state index < -0.39 is 5.97 Å². The fourth-order valence-electron chi connectivity index (χ4n) is 2.30. The number of carbonyl (C=O) groups excluding carboxylic acids is 1. The molecule has 0 saturated carbocycles. The number of carboxylic acid groups (broad SMARTS) is 1. The van der Waals surface area contributed by atoms with E-state index in [1.165, 1.54) is 12.1 Å². The van der Waals surface area contributed by atoms with E-state index in [1.54, 1.807) is 11.8 Å². The average molecular weight is 277 g/mol. The van der Waals surface area contributed by atoms with Gasteiger partial charge in [0.2, 0.25) is 0 Å². The topological polar surface area (TPSA) is 73.7 Å². The molecule has 108 valence electrons. The molecule has 0 aromatic carbocycles.